The number of hydrogen-bond donors (Lipinski definition) is 6. The van der Waals surface area contributed by atoms with Gasteiger partial charge in [0.2, 0.25) is 11.8 Å². The van der Waals surface area contributed by atoms with Crippen molar-refractivity contribution in [2.75, 3.05) is 12.3 Å². The monoisotopic (exact) mass is 308 g/mol. The summed E-state index contributed by atoms with van der Waals surface area (Å²) in [6, 6.07) is -2.15. The quantitative estimate of drug-likeness (QED) is 0.208. The van der Waals surface area contributed by atoms with E-state index in [0.29, 0.717) is 0 Å². The molecule has 2 amide bonds. The molecule has 0 aromatic heterocycles. The third kappa shape index (κ3) is 7.59. The van der Waals surface area contributed by atoms with E-state index in [1.165, 1.54) is 0 Å². The van der Waals surface area contributed by atoms with E-state index in [2.05, 4.69) is 23.3 Å². The lowest BCUT2D eigenvalue weighted by Gasteiger charge is -2.16. The van der Waals surface area contributed by atoms with Crippen molar-refractivity contribution in [3.05, 3.63) is 0 Å². The molecule has 6 N–H and O–H groups in total. The van der Waals surface area contributed by atoms with Crippen molar-refractivity contribution < 1.29 is 29.4 Å². The first kappa shape index (κ1) is 18.2. The van der Waals surface area contributed by atoms with Crippen LogP contribution >= 0.6 is 12.6 Å². The maximum Gasteiger partial charge on any atom is 0.322 e. The Morgan fingerprint density at radius 3 is 2.25 bits per heavy atom. The molecule has 0 fully saturated rings. The lowest BCUT2D eigenvalue weighted by Crippen LogP contribution is -2.49. The molecule has 0 bridgehead atoms. The van der Waals surface area contributed by atoms with Gasteiger partial charge in [-0.3, -0.25) is 19.2 Å². The van der Waals surface area contributed by atoms with Crippen LogP contribution in [0.5, 0.6) is 0 Å². The summed E-state index contributed by atoms with van der Waals surface area (Å²) >= 11 is 3.87. The number of amides is 2. The van der Waals surface area contributed by atoms with Crippen LogP contribution in [-0.4, -0.2) is 58.3 Å². The van der Waals surface area contributed by atoms with Crippen molar-refractivity contribution in [1.82, 2.24) is 10.6 Å². The standard InChI is InChI=1S/C10H17N3O6S/c11-5(10(18)19)1-2-7(14)13-6(4-20)9(17)12-3-8(15)16/h5-6,20H,1-4,11H2,(H,12,17)(H,13,14)(H,15,16)(H,18,19)/t5-,6-/m0/s1/i9+1. The fourth-order valence-corrected chi connectivity index (χ4v) is 1.41. The first-order chi connectivity index (χ1) is 9.27. The van der Waals surface area contributed by atoms with Crippen LogP contribution in [0.15, 0.2) is 0 Å². The first-order valence-electron chi connectivity index (χ1n) is 5.66. The van der Waals surface area contributed by atoms with Crippen molar-refractivity contribution in [3.8, 4) is 0 Å². The summed E-state index contributed by atoms with van der Waals surface area (Å²) in [6.45, 7) is -0.567. The molecule has 0 aliphatic rings. The summed E-state index contributed by atoms with van der Waals surface area (Å²) in [5.74, 6) is -3.70. The van der Waals surface area contributed by atoms with Gasteiger partial charge in [-0.15, -0.1) is 0 Å². The second-order valence-corrected chi connectivity index (χ2v) is 4.26. The lowest BCUT2D eigenvalue weighted by molar-refractivity contribution is -0.139. The highest BCUT2D eigenvalue weighted by Gasteiger charge is 2.20. The second-order valence-electron chi connectivity index (χ2n) is 3.90. The fraction of sp³-hybridized carbons (Fsp3) is 0.600. The Bertz CT molecular complexity index is 389. The van der Waals surface area contributed by atoms with E-state index in [1.807, 2.05) is 0 Å². The van der Waals surface area contributed by atoms with Gasteiger partial charge in [-0.05, 0) is 6.42 Å². The molecule has 0 aliphatic heterocycles. The van der Waals surface area contributed by atoms with E-state index < -0.39 is 42.4 Å². The number of nitrogens with two attached hydrogens (primary N) is 1. The normalized spacial score (nSPS) is 13.1. The number of carboxylic acids is 2. The molecule has 0 saturated heterocycles. The SMILES string of the molecule is N[C@@H](CCC(=O)N[C@@H](CS)[13C](=O)NCC(=O)O)C(=O)O. The third-order valence-electron chi connectivity index (χ3n) is 2.25. The largest absolute Gasteiger partial charge is 0.480 e. The fourth-order valence-electron chi connectivity index (χ4n) is 1.16. The number of nitrogens with one attached hydrogen (secondary N) is 2. The lowest BCUT2D eigenvalue weighted by atomic mass is 10.1. The van der Waals surface area contributed by atoms with Crippen LogP contribution < -0.4 is 16.4 Å². The minimum absolute atomic E-state index is 0.0256. The van der Waals surface area contributed by atoms with Crippen LogP contribution in [0, 0.1) is 0 Å². The molecule has 0 aliphatic carbocycles. The Kier molecular flexibility index (Phi) is 8.32. The Morgan fingerprint density at radius 2 is 1.80 bits per heavy atom. The Balaban J connectivity index is 4.21. The number of carbonyl (C=O) groups excluding carboxylic acids is 2. The Hall–Kier alpha value is -1.81. The number of carboxylic acid groups (broad SMARTS) is 2. The van der Waals surface area contributed by atoms with Gasteiger partial charge in [0, 0.05) is 12.2 Å². The molecule has 0 unspecified atom stereocenters. The van der Waals surface area contributed by atoms with Crippen molar-refractivity contribution >= 4 is 36.4 Å². The van der Waals surface area contributed by atoms with Gasteiger partial charge in [-0.1, -0.05) is 0 Å². The van der Waals surface area contributed by atoms with Crippen LogP contribution in [0.1, 0.15) is 12.8 Å². The summed E-state index contributed by atoms with van der Waals surface area (Å²) < 4.78 is 0. The average Bonchev–Trinajstić information content (AvgIpc) is 2.38. The van der Waals surface area contributed by atoms with E-state index in [-0.39, 0.29) is 18.6 Å². The summed E-state index contributed by atoms with van der Waals surface area (Å²) in [4.78, 5) is 43.7. The molecular weight excluding hydrogens is 291 g/mol. The number of rotatable bonds is 9. The predicted molar refractivity (Wildman–Crippen MR) is 71.3 cm³/mol. The molecule has 0 spiro atoms. The summed E-state index contributed by atoms with van der Waals surface area (Å²) in [5.41, 5.74) is 5.23. The van der Waals surface area contributed by atoms with Crippen molar-refractivity contribution in [2.24, 2.45) is 5.73 Å². The van der Waals surface area contributed by atoms with E-state index in [1.54, 1.807) is 0 Å². The minimum atomic E-state index is -1.22. The second kappa shape index (κ2) is 9.15. The maximum atomic E-state index is 11.5. The van der Waals surface area contributed by atoms with Crippen molar-refractivity contribution in [1.29, 1.82) is 0 Å². The highest BCUT2D eigenvalue weighted by molar-refractivity contribution is 7.80. The molecule has 20 heavy (non-hydrogen) atoms. The number of carbonyl (C=O) groups is 4. The molecule has 0 saturated carbocycles. The molecule has 0 rings (SSSR count). The topological polar surface area (TPSA) is 159 Å². The van der Waals surface area contributed by atoms with Crippen LogP contribution in [0.4, 0.5) is 0 Å². The van der Waals surface area contributed by atoms with E-state index >= 15 is 0 Å². The Morgan fingerprint density at radius 1 is 1.20 bits per heavy atom. The van der Waals surface area contributed by atoms with Crippen molar-refractivity contribution in [3.63, 3.8) is 0 Å². The van der Waals surface area contributed by atoms with Gasteiger partial charge in [-0.25, -0.2) is 0 Å². The van der Waals surface area contributed by atoms with Crippen LogP contribution in [-0.2, 0) is 19.2 Å². The Labute approximate surface area is 120 Å². The van der Waals surface area contributed by atoms with Gasteiger partial charge in [0.1, 0.15) is 18.6 Å². The van der Waals surface area contributed by atoms with Gasteiger partial charge in [0.25, 0.3) is 0 Å². The van der Waals surface area contributed by atoms with E-state index in [9.17, 15) is 19.2 Å². The zero-order valence-corrected chi connectivity index (χ0v) is 11.4. The smallest absolute Gasteiger partial charge is 0.322 e. The van der Waals surface area contributed by atoms with Gasteiger partial charge >= 0.3 is 11.9 Å². The molecule has 0 radical (unpaired) electrons. The molecule has 10 heteroatoms. The average molecular weight is 308 g/mol. The maximum absolute atomic E-state index is 11.5. The van der Waals surface area contributed by atoms with Crippen LogP contribution in [0.25, 0.3) is 0 Å². The predicted octanol–water partition coefficient (Wildman–Crippen LogP) is -2.21. The zero-order valence-electron chi connectivity index (χ0n) is 10.5. The summed E-state index contributed by atoms with van der Waals surface area (Å²) in [5, 5.41) is 21.4. The van der Waals surface area contributed by atoms with Gasteiger partial charge in [0.15, 0.2) is 0 Å². The van der Waals surface area contributed by atoms with E-state index in [4.69, 9.17) is 15.9 Å². The summed E-state index contributed by atoms with van der Waals surface area (Å²) in [6.07, 6.45) is -0.235. The zero-order chi connectivity index (χ0) is 15.7. The highest BCUT2D eigenvalue weighted by atomic mass is 32.1. The van der Waals surface area contributed by atoms with Gasteiger partial charge in [0.05, 0.1) is 0 Å². The number of thiol groups is 1. The third-order valence-corrected chi connectivity index (χ3v) is 2.61. The first-order valence-corrected chi connectivity index (χ1v) is 6.29. The van der Waals surface area contributed by atoms with Crippen LogP contribution in [0.3, 0.4) is 0 Å². The summed E-state index contributed by atoms with van der Waals surface area (Å²) in [7, 11) is 0. The van der Waals surface area contributed by atoms with E-state index in [0.717, 1.165) is 0 Å². The number of hydrogen-bond acceptors (Lipinski definition) is 6. The van der Waals surface area contributed by atoms with Gasteiger partial charge in [-0.2, -0.15) is 12.6 Å². The molecule has 0 aromatic rings. The highest BCUT2D eigenvalue weighted by Crippen LogP contribution is 1.97. The molecule has 2 atom stereocenters. The van der Waals surface area contributed by atoms with Gasteiger partial charge < -0.3 is 26.6 Å². The van der Waals surface area contributed by atoms with Crippen LogP contribution in [0.2, 0.25) is 0 Å². The molecule has 0 heterocycles. The number of aliphatic carboxylic acids is 2. The minimum Gasteiger partial charge on any atom is -0.480 e. The molecule has 9 nitrogen and oxygen atoms in total. The van der Waals surface area contributed by atoms with Crippen molar-refractivity contribution in [2.45, 2.75) is 24.9 Å². The molecule has 114 valence electrons. The molecule has 0 aromatic carbocycles. The molecular formula is C10H17N3O6S.